The second-order valence-electron chi connectivity index (χ2n) is 6.49. The molecule has 1 N–H and O–H groups in total. The second-order valence-corrected chi connectivity index (χ2v) is 6.49. The highest BCUT2D eigenvalue weighted by molar-refractivity contribution is 5.68. The van der Waals surface area contributed by atoms with Crippen LogP contribution in [0.15, 0.2) is 66.7 Å². The Morgan fingerprint density at radius 1 is 1.00 bits per heavy atom. The number of aliphatic carboxylic acids is 1. The molecule has 0 saturated carbocycles. The van der Waals surface area contributed by atoms with Crippen LogP contribution in [0.2, 0.25) is 0 Å². The molecule has 0 saturated heterocycles. The Hall–Kier alpha value is -3.14. The van der Waals surface area contributed by atoms with Gasteiger partial charge in [-0.05, 0) is 71.5 Å². The summed E-state index contributed by atoms with van der Waals surface area (Å²) in [5.74, 6) is -0.299. The largest absolute Gasteiger partial charge is 0.489 e. The number of benzene rings is 3. The van der Waals surface area contributed by atoms with Crippen molar-refractivity contribution in [3.63, 3.8) is 0 Å². The molecule has 0 atom stereocenters. The van der Waals surface area contributed by atoms with Crippen LogP contribution in [-0.2, 0) is 17.8 Å². The second kappa shape index (κ2) is 8.49. The zero-order chi connectivity index (χ0) is 19.2. The molecular formula is C23H21FO3. The molecule has 0 bridgehead atoms. The fourth-order valence-electron chi connectivity index (χ4n) is 2.95. The van der Waals surface area contributed by atoms with Crippen molar-refractivity contribution < 1.29 is 19.0 Å². The van der Waals surface area contributed by atoms with Crippen LogP contribution in [0.5, 0.6) is 5.75 Å². The summed E-state index contributed by atoms with van der Waals surface area (Å²) in [6.45, 7) is 2.32. The molecule has 0 heterocycles. The minimum absolute atomic E-state index is 0.121. The SMILES string of the molecule is Cc1cc(F)ccc1-c1cccc(COc2ccc(CCC(=O)O)cc2)c1. The third-order valence-corrected chi connectivity index (χ3v) is 4.38. The number of halogens is 1. The first-order valence-corrected chi connectivity index (χ1v) is 8.80. The van der Waals surface area contributed by atoms with E-state index in [9.17, 15) is 9.18 Å². The molecule has 0 aliphatic heterocycles. The van der Waals surface area contributed by atoms with Gasteiger partial charge < -0.3 is 9.84 Å². The summed E-state index contributed by atoms with van der Waals surface area (Å²) in [5, 5.41) is 8.73. The van der Waals surface area contributed by atoms with Crippen LogP contribution < -0.4 is 4.74 Å². The molecule has 3 rings (SSSR count). The fraction of sp³-hybridized carbons (Fsp3) is 0.174. The lowest BCUT2D eigenvalue weighted by Crippen LogP contribution is -1.98. The molecule has 0 spiro atoms. The van der Waals surface area contributed by atoms with Crippen molar-refractivity contribution >= 4 is 5.97 Å². The topological polar surface area (TPSA) is 46.5 Å². The molecule has 3 aromatic rings. The smallest absolute Gasteiger partial charge is 0.303 e. The van der Waals surface area contributed by atoms with Crippen molar-refractivity contribution in [2.45, 2.75) is 26.4 Å². The van der Waals surface area contributed by atoms with E-state index < -0.39 is 5.97 Å². The van der Waals surface area contributed by atoms with Crippen molar-refractivity contribution in [1.29, 1.82) is 0 Å². The number of hydrogen-bond donors (Lipinski definition) is 1. The maximum atomic E-state index is 13.3. The van der Waals surface area contributed by atoms with Crippen LogP contribution in [0.4, 0.5) is 4.39 Å². The lowest BCUT2D eigenvalue weighted by Gasteiger charge is -2.10. The Kier molecular flexibility index (Phi) is 5.87. The minimum atomic E-state index is -0.799. The Labute approximate surface area is 158 Å². The predicted octanol–water partition coefficient (Wildman–Crippen LogP) is 5.40. The third-order valence-electron chi connectivity index (χ3n) is 4.38. The summed E-state index contributed by atoms with van der Waals surface area (Å²) in [7, 11) is 0. The van der Waals surface area contributed by atoms with Crippen LogP contribution in [0.3, 0.4) is 0 Å². The van der Waals surface area contributed by atoms with Gasteiger partial charge in [0.1, 0.15) is 18.2 Å². The van der Waals surface area contributed by atoms with Crippen molar-refractivity contribution in [2.75, 3.05) is 0 Å². The standard InChI is InChI=1S/C23H21FO3/c1-16-13-20(24)8-11-22(16)19-4-2-3-18(14-19)15-27-21-9-5-17(6-10-21)7-12-23(25)26/h2-6,8-11,13-14H,7,12,15H2,1H3,(H,25,26). The van der Waals surface area contributed by atoms with Gasteiger partial charge in [-0.1, -0.05) is 36.4 Å². The van der Waals surface area contributed by atoms with E-state index in [-0.39, 0.29) is 12.2 Å². The van der Waals surface area contributed by atoms with Crippen LogP contribution in [0.25, 0.3) is 11.1 Å². The first-order chi connectivity index (χ1) is 13.0. The van der Waals surface area contributed by atoms with Crippen molar-refractivity contribution in [3.05, 3.63) is 89.2 Å². The molecule has 0 amide bonds. The zero-order valence-electron chi connectivity index (χ0n) is 15.1. The summed E-state index contributed by atoms with van der Waals surface area (Å²) in [5.41, 5.74) is 4.91. The number of aryl methyl sites for hydroxylation is 2. The van der Waals surface area contributed by atoms with Gasteiger partial charge in [0, 0.05) is 6.42 Å². The lowest BCUT2D eigenvalue weighted by molar-refractivity contribution is -0.136. The summed E-state index contributed by atoms with van der Waals surface area (Å²) in [4.78, 5) is 10.6. The Morgan fingerprint density at radius 2 is 1.78 bits per heavy atom. The van der Waals surface area contributed by atoms with E-state index in [1.165, 1.54) is 12.1 Å². The average Bonchev–Trinajstić information content (AvgIpc) is 2.66. The Bertz CT molecular complexity index is 933. The normalized spacial score (nSPS) is 10.6. The summed E-state index contributed by atoms with van der Waals surface area (Å²) in [6.07, 6.45) is 0.629. The number of carbonyl (C=O) groups is 1. The molecule has 0 unspecified atom stereocenters. The van der Waals surface area contributed by atoms with Gasteiger partial charge in [-0.3, -0.25) is 4.79 Å². The van der Waals surface area contributed by atoms with Crippen LogP contribution >= 0.6 is 0 Å². The van der Waals surface area contributed by atoms with Crippen molar-refractivity contribution in [3.8, 4) is 16.9 Å². The van der Waals surface area contributed by atoms with Crippen LogP contribution in [0, 0.1) is 12.7 Å². The van der Waals surface area contributed by atoms with Crippen LogP contribution in [-0.4, -0.2) is 11.1 Å². The predicted molar refractivity (Wildman–Crippen MR) is 103 cm³/mol. The van der Waals surface area contributed by atoms with Gasteiger partial charge in [-0.2, -0.15) is 0 Å². The van der Waals surface area contributed by atoms with E-state index in [0.29, 0.717) is 13.0 Å². The van der Waals surface area contributed by atoms with Crippen molar-refractivity contribution in [1.82, 2.24) is 0 Å². The number of carboxylic acid groups (broad SMARTS) is 1. The van der Waals surface area contributed by atoms with Crippen molar-refractivity contribution in [2.24, 2.45) is 0 Å². The number of rotatable bonds is 7. The van der Waals surface area contributed by atoms with Crippen LogP contribution in [0.1, 0.15) is 23.1 Å². The highest BCUT2D eigenvalue weighted by Gasteiger charge is 2.05. The molecule has 3 nitrogen and oxygen atoms in total. The minimum Gasteiger partial charge on any atom is -0.489 e. The molecule has 0 aliphatic carbocycles. The molecule has 0 radical (unpaired) electrons. The summed E-state index contributed by atoms with van der Waals surface area (Å²) in [6, 6.07) is 20.3. The average molecular weight is 364 g/mol. The molecule has 0 aromatic heterocycles. The van der Waals surface area contributed by atoms with Gasteiger partial charge in [-0.25, -0.2) is 4.39 Å². The van der Waals surface area contributed by atoms with E-state index >= 15 is 0 Å². The molecule has 27 heavy (non-hydrogen) atoms. The highest BCUT2D eigenvalue weighted by Crippen LogP contribution is 2.25. The maximum Gasteiger partial charge on any atom is 0.303 e. The van der Waals surface area contributed by atoms with E-state index in [1.54, 1.807) is 6.07 Å². The Balaban J connectivity index is 1.65. The lowest BCUT2D eigenvalue weighted by atomic mass is 9.99. The quantitative estimate of drug-likeness (QED) is 0.611. The first-order valence-electron chi connectivity index (χ1n) is 8.80. The highest BCUT2D eigenvalue weighted by atomic mass is 19.1. The van der Waals surface area contributed by atoms with E-state index in [0.717, 1.165) is 33.6 Å². The number of carboxylic acids is 1. The van der Waals surface area contributed by atoms with Gasteiger partial charge >= 0.3 is 5.97 Å². The molecule has 0 fully saturated rings. The van der Waals surface area contributed by atoms with E-state index in [2.05, 4.69) is 0 Å². The summed E-state index contributed by atoms with van der Waals surface area (Å²) < 4.78 is 19.2. The first kappa shape index (κ1) is 18.6. The monoisotopic (exact) mass is 364 g/mol. The van der Waals surface area contributed by atoms with Gasteiger partial charge in [-0.15, -0.1) is 0 Å². The Morgan fingerprint density at radius 3 is 2.48 bits per heavy atom. The van der Waals surface area contributed by atoms with E-state index in [4.69, 9.17) is 9.84 Å². The number of ether oxygens (including phenoxy) is 1. The molecular weight excluding hydrogens is 343 g/mol. The number of hydrogen-bond acceptors (Lipinski definition) is 2. The fourth-order valence-corrected chi connectivity index (χ4v) is 2.95. The zero-order valence-corrected chi connectivity index (χ0v) is 15.1. The van der Waals surface area contributed by atoms with E-state index in [1.807, 2.05) is 55.5 Å². The molecule has 4 heteroatoms. The molecule has 0 aliphatic rings. The molecule has 3 aromatic carbocycles. The molecule has 138 valence electrons. The third kappa shape index (κ3) is 5.17. The van der Waals surface area contributed by atoms with Gasteiger partial charge in [0.15, 0.2) is 0 Å². The van der Waals surface area contributed by atoms with Gasteiger partial charge in [0.25, 0.3) is 0 Å². The maximum absolute atomic E-state index is 13.3. The summed E-state index contributed by atoms with van der Waals surface area (Å²) >= 11 is 0. The van der Waals surface area contributed by atoms with Gasteiger partial charge in [0.05, 0.1) is 0 Å². The van der Waals surface area contributed by atoms with Gasteiger partial charge in [0.2, 0.25) is 0 Å².